The molecular weight excluding hydrogens is 344 g/mol. The molecule has 1 unspecified atom stereocenters. The maximum Gasteiger partial charge on any atom is 0.408 e. The number of hydrogen-bond acceptors (Lipinski definition) is 4. The molecule has 0 fully saturated rings. The zero-order valence-electron chi connectivity index (χ0n) is 15.9. The Balaban J connectivity index is 2.03. The molecule has 2 aromatic rings. The van der Waals surface area contributed by atoms with Gasteiger partial charge in [0.15, 0.2) is 0 Å². The molecule has 0 spiro atoms. The number of alkyl carbamates (subject to hydrolysis) is 1. The van der Waals surface area contributed by atoms with Gasteiger partial charge in [-0.25, -0.2) is 4.79 Å². The van der Waals surface area contributed by atoms with Gasteiger partial charge in [0.05, 0.1) is 0 Å². The van der Waals surface area contributed by atoms with Crippen LogP contribution in [0.5, 0.6) is 5.75 Å². The molecule has 0 aliphatic rings. The van der Waals surface area contributed by atoms with Crippen molar-refractivity contribution in [1.82, 2.24) is 10.6 Å². The van der Waals surface area contributed by atoms with E-state index in [4.69, 9.17) is 4.74 Å². The molecule has 0 aliphatic carbocycles. The van der Waals surface area contributed by atoms with Crippen LogP contribution in [0.2, 0.25) is 0 Å². The third-order valence-corrected chi connectivity index (χ3v) is 3.74. The van der Waals surface area contributed by atoms with Gasteiger partial charge in [0.2, 0.25) is 5.91 Å². The van der Waals surface area contributed by atoms with E-state index in [0.717, 1.165) is 5.56 Å². The second kappa shape index (κ2) is 9.07. The van der Waals surface area contributed by atoms with E-state index in [-0.39, 0.29) is 11.7 Å². The number of benzene rings is 2. The normalized spacial score (nSPS) is 12.1. The SMILES string of the molecule is CC(C)(C)OC(=O)NC(C(=O)NCCc1ccccc1O)c1ccccc1. The highest BCUT2D eigenvalue weighted by atomic mass is 16.6. The number of carbonyl (C=O) groups is 2. The molecule has 144 valence electrons. The summed E-state index contributed by atoms with van der Waals surface area (Å²) < 4.78 is 5.27. The summed E-state index contributed by atoms with van der Waals surface area (Å²) in [6.07, 6.45) is -0.181. The fourth-order valence-corrected chi connectivity index (χ4v) is 2.52. The summed E-state index contributed by atoms with van der Waals surface area (Å²) >= 11 is 0. The third-order valence-electron chi connectivity index (χ3n) is 3.74. The number of aromatic hydroxyl groups is 1. The summed E-state index contributed by atoms with van der Waals surface area (Å²) in [5.41, 5.74) is 0.740. The van der Waals surface area contributed by atoms with Crippen LogP contribution in [0.4, 0.5) is 4.79 Å². The Kier molecular flexibility index (Phi) is 6.82. The number of para-hydroxylation sites is 1. The highest BCUT2D eigenvalue weighted by Crippen LogP contribution is 2.17. The van der Waals surface area contributed by atoms with Crippen LogP contribution >= 0.6 is 0 Å². The molecule has 0 heterocycles. The van der Waals surface area contributed by atoms with Crippen molar-refractivity contribution in [3.05, 3.63) is 65.7 Å². The first-order valence-electron chi connectivity index (χ1n) is 8.85. The van der Waals surface area contributed by atoms with Crippen molar-refractivity contribution in [3.8, 4) is 5.75 Å². The lowest BCUT2D eigenvalue weighted by Crippen LogP contribution is -2.43. The molecule has 1 atom stereocenters. The van der Waals surface area contributed by atoms with Crippen molar-refractivity contribution in [3.63, 3.8) is 0 Å². The second-order valence-electron chi connectivity index (χ2n) is 7.16. The van der Waals surface area contributed by atoms with Gasteiger partial charge in [0.1, 0.15) is 17.4 Å². The summed E-state index contributed by atoms with van der Waals surface area (Å²) in [7, 11) is 0. The summed E-state index contributed by atoms with van der Waals surface area (Å²) in [4.78, 5) is 24.8. The van der Waals surface area contributed by atoms with E-state index in [1.54, 1.807) is 63.2 Å². The molecule has 27 heavy (non-hydrogen) atoms. The Bertz CT molecular complexity index is 769. The Hall–Kier alpha value is -3.02. The largest absolute Gasteiger partial charge is 0.508 e. The molecule has 0 bridgehead atoms. The second-order valence-corrected chi connectivity index (χ2v) is 7.16. The maximum absolute atomic E-state index is 12.7. The lowest BCUT2D eigenvalue weighted by Gasteiger charge is -2.23. The highest BCUT2D eigenvalue weighted by Gasteiger charge is 2.25. The van der Waals surface area contributed by atoms with E-state index in [1.165, 1.54) is 0 Å². The van der Waals surface area contributed by atoms with Crippen LogP contribution in [0.15, 0.2) is 54.6 Å². The molecule has 2 aromatic carbocycles. The number of hydrogen-bond donors (Lipinski definition) is 3. The number of phenols is 1. The first kappa shape index (κ1) is 20.3. The van der Waals surface area contributed by atoms with Gasteiger partial charge in [-0.3, -0.25) is 4.79 Å². The average Bonchev–Trinajstić information content (AvgIpc) is 2.60. The topological polar surface area (TPSA) is 87.7 Å². The van der Waals surface area contributed by atoms with Gasteiger partial charge in [-0.2, -0.15) is 0 Å². The molecule has 2 amide bonds. The summed E-state index contributed by atoms with van der Waals surface area (Å²) in [6.45, 7) is 5.61. The van der Waals surface area contributed by atoms with Gasteiger partial charge in [-0.1, -0.05) is 48.5 Å². The molecule has 2 rings (SSSR count). The van der Waals surface area contributed by atoms with E-state index in [0.29, 0.717) is 18.5 Å². The Morgan fingerprint density at radius 2 is 1.67 bits per heavy atom. The highest BCUT2D eigenvalue weighted by molar-refractivity contribution is 5.86. The average molecular weight is 370 g/mol. The van der Waals surface area contributed by atoms with Gasteiger partial charge in [-0.15, -0.1) is 0 Å². The van der Waals surface area contributed by atoms with Crippen molar-refractivity contribution in [2.24, 2.45) is 0 Å². The number of phenolic OH excluding ortho intramolecular Hbond substituents is 1. The van der Waals surface area contributed by atoms with Gasteiger partial charge < -0.3 is 20.5 Å². The number of carbonyl (C=O) groups excluding carboxylic acids is 2. The number of rotatable bonds is 6. The van der Waals surface area contributed by atoms with Crippen molar-refractivity contribution in [2.45, 2.75) is 38.8 Å². The lowest BCUT2D eigenvalue weighted by molar-refractivity contribution is -0.123. The molecule has 6 nitrogen and oxygen atoms in total. The molecule has 0 saturated carbocycles. The zero-order chi connectivity index (χ0) is 19.9. The van der Waals surface area contributed by atoms with Crippen LogP contribution in [0.3, 0.4) is 0 Å². The van der Waals surface area contributed by atoms with Crippen molar-refractivity contribution in [1.29, 1.82) is 0 Å². The fourth-order valence-electron chi connectivity index (χ4n) is 2.52. The summed E-state index contributed by atoms with van der Waals surface area (Å²) in [5.74, 6) is -0.152. The lowest BCUT2D eigenvalue weighted by atomic mass is 10.1. The molecule has 6 heteroatoms. The fraction of sp³-hybridized carbons (Fsp3) is 0.333. The Morgan fingerprint density at radius 1 is 1.04 bits per heavy atom. The van der Waals surface area contributed by atoms with Crippen molar-refractivity contribution < 1.29 is 19.4 Å². The smallest absolute Gasteiger partial charge is 0.408 e. The van der Waals surface area contributed by atoms with Crippen LogP contribution in [0, 0.1) is 0 Å². The standard InChI is InChI=1S/C21H26N2O4/c1-21(2,3)27-20(26)23-18(16-10-5-4-6-11-16)19(25)22-14-13-15-9-7-8-12-17(15)24/h4-12,18,24H,13-14H2,1-3H3,(H,22,25)(H,23,26). The summed E-state index contributed by atoms with van der Waals surface area (Å²) in [5, 5.41) is 15.2. The molecule has 0 radical (unpaired) electrons. The number of nitrogens with one attached hydrogen (secondary N) is 2. The predicted molar refractivity (Wildman–Crippen MR) is 103 cm³/mol. The van der Waals surface area contributed by atoms with Crippen LogP contribution in [-0.2, 0) is 16.0 Å². The molecule has 0 aliphatic heterocycles. The minimum Gasteiger partial charge on any atom is -0.508 e. The van der Waals surface area contributed by atoms with Gasteiger partial charge >= 0.3 is 6.09 Å². The van der Waals surface area contributed by atoms with Crippen LogP contribution in [-0.4, -0.2) is 29.3 Å². The Labute approximate surface area is 159 Å². The van der Waals surface area contributed by atoms with E-state index >= 15 is 0 Å². The first-order chi connectivity index (χ1) is 12.8. The van der Waals surface area contributed by atoms with Crippen molar-refractivity contribution >= 4 is 12.0 Å². The van der Waals surface area contributed by atoms with Gasteiger partial charge in [0, 0.05) is 6.54 Å². The number of ether oxygens (including phenoxy) is 1. The van der Waals surface area contributed by atoms with E-state index < -0.39 is 17.7 Å². The Morgan fingerprint density at radius 3 is 2.30 bits per heavy atom. The van der Waals surface area contributed by atoms with E-state index in [1.807, 2.05) is 12.1 Å². The minimum atomic E-state index is -0.870. The maximum atomic E-state index is 12.7. The zero-order valence-corrected chi connectivity index (χ0v) is 15.9. The molecular formula is C21H26N2O4. The predicted octanol–water partition coefficient (Wildman–Crippen LogP) is 3.32. The molecule has 3 N–H and O–H groups in total. The number of amides is 2. The van der Waals surface area contributed by atoms with Crippen molar-refractivity contribution in [2.75, 3.05) is 6.54 Å². The monoisotopic (exact) mass is 370 g/mol. The van der Waals surface area contributed by atoms with Crippen LogP contribution in [0.1, 0.15) is 37.9 Å². The van der Waals surface area contributed by atoms with Crippen LogP contribution < -0.4 is 10.6 Å². The quantitative estimate of drug-likeness (QED) is 0.728. The molecule has 0 aromatic heterocycles. The molecule has 0 saturated heterocycles. The van der Waals surface area contributed by atoms with Gasteiger partial charge in [0.25, 0.3) is 0 Å². The first-order valence-corrected chi connectivity index (χ1v) is 8.85. The van der Waals surface area contributed by atoms with Gasteiger partial charge in [-0.05, 0) is 44.4 Å². The summed E-state index contributed by atoms with van der Waals surface area (Å²) in [6, 6.07) is 15.1. The van der Waals surface area contributed by atoms with Crippen LogP contribution in [0.25, 0.3) is 0 Å². The third kappa shape index (κ3) is 6.66. The van der Waals surface area contributed by atoms with E-state index in [9.17, 15) is 14.7 Å². The minimum absolute atomic E-state index is 0.193. The van der Waals surface area contributed by atoms with E-state index in [2.05, 4.69) is 10.6 Å².